The molecule has 0 spiro atoms. The quantitative estimate of drug-likeness (QED) is 0.826. The molecule has 0 heterocycles. The van der Waals surface area contributed by atoms with Crippen LogP contribution in [0.15, 0.2) is 23.1 Å². The number of rotatable bonds is 6. The zero-order valence-electron chi connectivity index (χ0n) is 14.8. The fraction of sp³-hybridized carbons (Fsp3) is 0.611. The lowest BCUT2D eigenvalue weighted by Crippen LogP contribution is -2.39. The standard InChI is InChI=1S/C18H28N2O3S/c1-13-5-4-6-16(12-13)20-18(21)9-10-19-24(22,23)17-8-7-14(2)11-15(17)3/h7-8,11,13,16,19H,4-6,9-10,12H2,1-3H3,(H,20,21). The summed E-state index contributed by atoms with van der Waals surface area (Å²) in [5.41, 5.74) is 1.73. The van der Waals surface area contributed by atoms with Crippen LogP contribution in [0.25, 0.3) is 0 Å². The zero-order chi connectivity index (χ0) is 17.7. The molecule has 0 aliphatic heterocycles. The molecule has 2 rings (SSSR count). The highest BCUT2D eigenvalue weighted by Gasteiger charge is 2.21. The molecule has 1 aliphatic carbocycles. The Balaban J connectivity index is 1.83. The molecule has 0 radical (unpaired) electrons. The first-order valence-corrected chi connectivity index (χ1v) is 10.1. The van der Waals surface area contributed by atoms with Gasteiger partial charge in [0.05, 0.1) is 4.90 Å². The molecule has 1 aromatic carbocycles. The highest BCUT2D eigenvalue weighted by molar-refractivity contribution is 7.89. The monoisotopic (exact) mass is 352 g/mol. The van der Waals surface area contributed by atoms with Gasteiger partial charge in [-0.15, -0.1) is 0 Å². The second kappa shape index (κ2) is 8.12. The molecule has 0 bridgehead atoms. The first-order valence-electron chi connectivity index (χ1n) is 8.64. The van der Waals surface area contributed by atoms with E-state index < -0.39 is 10.0 Å². The van der Waals surface area contributed by atoms with Crippen molar-refractivity contribution in [1.29, 1.82) is 0 Å². The summed E-state index contributed by atoms with van der Waals surface area (Å²) >= 11 is 0. The molecule has 2 N–H and O–H groups in total. The average molecular weight is 353 g/mol. The third-order valence-electron chi connectivity index (χ3n) is 4.57. The fourth-order valence-corrected chi connectivity index (χ4v) is 4.60. The Morgan fingerprint density at radius 2 is 2.00 bits per heavy atom. The maximum Gasteiger partial charge on any atom is 0.240 e. The highest BCUT2D eigenvalue weighted by atomic mass is 32.2. The van der Waals surface area contributed by atoms with Crippen LogP contribution in [-0.2, 0) is 14.8 Å². The van der Waals surface area contributed by atoms with E-state index in [1.165, 1.54) is 6.42 Å². The van der Waals surface area contributed by atoms with Crippen molar-refractivity contribution < 1.29 is 13.2 Å². The number of amides is 1. The smallest absolute Gasteiger partial charge is 0.240 e. The van der Waals surface area contributed by atoms with E-state index in [0.717, 1.165) is 24.8 Å². The molecular formula is C18H28N2O3S. The number of carbonyl (C=O) groups excluding carboxylic acids is 1. The van der Waals surface area contributed by atoms with Gasteiger partial charge in [0.25, 0.3) is 0 Å². The first-order chi connectivity index (χ1) is 11.3. The molecule has 134 valence electrons. The van der Waals surface area contributed by atoms with E-state index in [0.29, 0.717) is 11.5 Å². The van der Waals surface area contributed by atoms with E-state index in [2.05, 4.69) is 17.0 Å². The Labute approximate surface area is 145 Å². The molecule has 1 aromatic rings. The largest absolute Gasteiger partial charge is 0.353 e. The summed E-state index contributed by atoms with van der Waals surface area (Å²) in [7, 11) is -3.58. The van der Waals surface area contributed by atoms with Crippen molar-refractivity contribution >= 4 is 15.9 Å². The van der Waals surface area contributed by atoms with Crippen molar-refractivity contribution in [3.8, 4) is 0 Å². The van der Waals surface area contributed by atoms with Gasteiger partial charge in [-0.1, -0.05) is 37.5 Å². The summed E-state index contributed by atoms with van der Waals surface area (Å²) < 4.78 is 27.2. The third-order valence-corrected chi connectivity index (χ3v) is 6.19. The van der Waals surface area contributed by atoms with Crippen LogP contribution in [0.2, 0.25) is 0 Å². The Morgan fingerprint density at radius 3 is 2.67 bits per heavy atom. The minimum absolute atomic E-state index is 0.0857. The van der Waals surface area contributed by atoms with Gasteiger partial charge in [0.1, 0.15) is 0 Å². The van der Waals surface area contributed by atoms with Crippen LogP contribution in [0.3, 0.4) is 0 Å². The number of benzene rings is 1. The molecule has 2 unspecified atom stereocenters. The SMILES string of the molecule is Cc1ccc(S(=O)(=O)NCCC(=O)NC2CCCC(C)C2)c(C)c1. The lowest BCUT2D eigenvalue weighted by molar-refractivity contribution is -0.121. The summed E-state index contributed by atoms with van der Waals surface area (Å²) in [4.78, 5) is 12.3. The zero-order valence-corrected chi connectivity index (χ0v) is 15.6. The third kappa shape index (κ3) is 5.31. The summed E-state index contributed by atoms with van der Waals surface area (Å²) in [6.45, 7) is 6.02. The highest BCUT2D eigenvalue weighted by Crippen LogP contribution is 2.23. The molecule has 5 nitrogen and oxygen atoms in total. The molecule has 24 heavy (non-hydrogen) atoms. The van der Waals surface area contributed by atoms with Gasteiger partial charge in [-0.05, 0) is 44.2 Å². The Morgan fingerprint density at radius 1 is 1.25 bits per heavy atom. The van der Waals surface area contributed by atoms with Crippen molar-refractivity contribution in [3.05, 3.63) is 29.3 Å². The summed E-state index contributed by atoms with van der Waals surface area (Å²) in [6.07, 6.45) is 4.56. The van der Waals surface area contributed by atoms with Gasteiger partial charge in [0, 0.05) is 19.0 Å². The van der Waals surface area contributed by atoms with Crippen molar-refractivity contribution in [2.75, 3.05) is 6.54 Å². The average Bonchev–Trinajstić information content (AvgIpc) is 2.46. The lowest BCUT2D eigenvalue weighted by atomic mass is 9.87. The van der Waals surface area contributed by atoms with Crippen LogP contribution in [-0.4, -0.2) is 26.9 Å². The molecule has 1 amide bonds. The van der Waals surface area contributed by atoms with Crippen LogP contribution in [0.5, 0.6) is 0 Å². The van der Waals surface area contributed by atoms with E-state index in [1.807, 2.05) is 13.0 Å². The molecule has 1 fully saturated rings. The summed E-state index contributed by atoms with van der Waals surface area (Å²) in [5, 5.41) is 3.02. The molecule has 0 saturated heterocycles. The topological polar surface area (TPSA) is 75.3 Å². The first kappa shape index (κ1) is 18.9. The van der Waals surface area contributed by atoms with Crippen molar-refractivity contribution in [3.63, 3.8) is 0 Å². The van der Waals surface area contributed by atoms with Gasteiger partial charge in [-0.3, -0.25) is 4.79 Å². The number of hydrogen-bond acceptors (Lipinski definition) is 3. The maximum absolute atomic E-state index is 12.3. The minimum atomic E-state index is -3.58. The number of carbonyl (C=O) groups is 1. The van der Waals surface area contributed by atoms with Crippen LogP contribution in [0, 0.1) is 19.8 Å². The summed E-state index contributed by atoms with van der Waals surface area (Å²) in [5.74, 6) is 0.560. The molecule has 0 aromatic heterocycles. The van der Waals surface area contributed by atoms with E-state index in [-0.39, 0.29) is 29.8 Å². The van der Waals surface area contributed by atoms with Gasteiger partial charge in [-0.2, -0.15) is 0 Å². The van der Waals surface area contributed by atoms with Gasteiger partial charge in [0.2, 0.25) is 15.9 Å². The van der Waals surface area contributed by atoms with E-state index in [1.54, 1.807) is 19.1 Å². The second-order valence-electron chi connectivity index (χ2n) is 6.95. The fourth-order valence-electron chi connectivity index (χ4n) is 3.34. The van der Waals surface area contributed by atoms with E-state index in [9.17, 15) is 13.2 Å². The van der Waals surface area contributed by atoms with Crippen LogP contribution < -0.4 is 10.0 Å². The molecule has 1 aliphatic rings. The van der Waals surface area contributed by atoms with Crippen LogP contribution in [0.4, 0.5) is 0 Å². The van der Waals surface area contributed by atoms with Gasteiger partial charge >= 0.3 is 0 Å². The lowest BCUT2D eigenvalue weighted by Gasteiger charge is -2.27. The van der Waals surface area contributed by atoms with Crippen molar-refractivity contribution in [2.45, 2.75) is 63.8 Å². The number of aryl methyl sites for hydroxylation is 2. The molecule has 1 saturated carbocycles. The molecule has 6 heteroatoms. The number of sulfonamides is 1. The Hall–Kier alpha value is -1.40. The Kier molecular flexibility index (Phi) is 6.40. The predicted octanol–water partition coefficient (Wildman–Crippen LogP) is 2.67. The van der Waals surface area contributed by atoms with Crippen molar-refractivity contribution in [1.82, 2.24) is 10.0 Å². The number of nitrogens with one attached hydrogen (secondary N) is 2. The van der Waals surface area contributed by atoms with Crippen LogP contribution >= 0.6 is 0 Å². The Bertz CT molecular complexity index is 686. The van der Waals surface area contributed by atoms with Crippen molar-refractivity contribution in [2.24, 2.45) is 5.92 Å². The van der Waals surface area contributed by atoms with Gasteiger partial charge in [-0.25, -0.2) is 13.1 Å². The summed E-state index contributed by atoms with van der Waals surface area (Å²) in [6, 6.07) is 5.46. The normalized spacial score (nSPS) is 21.5. The van der Waals surface area contributed by atoms with Crippen LogP contribution in [0.1, 0.15) is 50.2 Å². The van der Waals surface area contributed by atoms with Gasteiger partial charge in [0.15, 0.2) is 0 Å². The number of hydrogen-bond donors (Lipinski definition) is 2. The minimum Gasteiger partial charge on any atom is -0.353 e. The molecular weight excluding hydrogens is 324 g/mol. The second-order valence-corrected chi connectivity index (χ2v) is 8.69. The molecule has 2 atom stereocenters. The van der Waals surface area contributed by atoms with E-state index in [4.69, 9.17) is 0 Å². The van der Waals surface area contributed by atoms with Gasteiger partial charge < -0.3 is 5.32 Å². The predicted molar refractivity (Wildman–Crippen MR) is 95.3 cm³/mol. The van der Waals surface area contributed by atoms with E-state index >= 15 is 0 Å². The maximum atomic E-state index is 12.3.